The highest BCUT2D eigenvalue weighted by atomic mass is 32.2. The van der Waals surface area contributed by atoms with Gasteiger partial charge < -0.3 is 0 Å². The van der Waals surface area contributed by atoms with Gasteiger partial charge in [0.25, 0.3) is 11.8 Å². The van der Waals surface area contributed by atoms with Crippen molar-refractivity contribution in [2.24, 2.45) is 0 Å². The number of hydrogen-bond acceptors (Lipinski definition) is 4. The van der Waals surface area contributed by atoms with Gasteiger partial charge in [0.15, 0.2) is 5.12 Å². The first-order valence-electron chi connectivity index (χ1n) is 10.2. The standard InChI is InChI=1S/C22H31NO3S/c1-18(24)27-17-13-9-7-5-3-2-4-6-8-12-16-23-21(25)19-14-10-11-15-20(19)22(23)26/h10-11,14-15H,2-9,12-13,16-17H2,1H3. The summed E-state index contributed by atoms with van der Waals surface area (Å²) in [7, 11) is 0. The van der Waals surface area contributed by atoms with Crippen molar-refractivity contribution in [1.29, 1.82) is 0 Å². The molecule has 5 heteroatoms. The molecule has 148 valence electrons. The first-order valence-corrected chi connectivity index (χ1v) is 11.2. The van der Waals surface area contributed by atoms with Crippen LogP contribution in [-0.2, 0) is 4.79 Å². The second-order valence-corrected chi connectivity index (χ2v) is 8.45. The van der Waals surface area contributed by atoms with Crippen molar-refractivity contribution in [3.63, 3.8) is 0 Å². The van der Waals surface area contributed by atoms with E-state index in [0.717, 1.165) is 25.0 Å². The minimum Gasteiger partial charge on any atom is -0.288 e. The van der Waals surface area contributed by atoms with E-state index in [9.17, 15) is 14.4 Å². The van der Waals surface area contributed by atoms with E-state index in [1.807, 2.05) is 0 Å². The molecule has 0 aromatic heterocycles. The highest BCUT2D eigenvalue weighted by Crippen LogP contribution is 2.23. The Morgan fingerprint density at radius 1 is 0.778 bits per heavy atom. The van der Waals surface area contributed by atoms with E-state index in [4.69, 9.17) is 0 Å². The summed E-state index contributed by atoms with van der Waals surface area (Å²) in [6, 6.07) is 7.08. The third kappa shape index (κ3) is 7.13. The number of unbranched alkanes of at least 4 members (excludes halogenated alkanes) is 9. The molecule has 0 atom stereocenters. The molecule has 1 aromatic rings. The molecule has 0 radical (unpaired) electrons. The van der Waals surface area contributed by atoms with Gasteiger partial charge in [0, 0.05) is 19.2 Å². The lowest BCUT2D eigenvalue weighted by Crippen LogP contribution is -2.30. The quantitative estimate of drug-likeness (QED) is 0.332. The number of imide groups is 1. The minimum atomic E-state index is -0.141. The number of carbonyl (C=O) groups is 3. The molecule has 2 rings (SSSR count). The smallest absolute Gasteiger partial charge is 0.261 e. The summed E-state index contributed by atoms with van der Waals surface area (Å²) in [4.78, 5) is 36.7. The Balaban J connectivity index is 1.44. The zero-order valence-electron chi connectivity index (χ0n) is 16.4. The maximum atomic E-state index is 12.3. The number of fused-ring (bicyclic) bond motifs is 1. The summed E-state index contributed by atoms with van der Waals surface area (Å²) in [5, 5.41) is 0.220. The Morgan fingerprint density at radius 2 is 1.22 bits per heavy atom. The van der Waals surface area contributed by atoms with Gasteiger partial charge in [-0.2, -0.15) is 0 Å². The van der Waals surface area contributed by atoms with Crippen LogP contribution in [0.4, 0.5) is 0 Å². The van der Waals surface area contributed by atoms with Crippen molar-refractivity contribution in [2.75, 3.05) is 12.3 Å². The average Bonchev–Trinajstić information content (AvgIpc) is 2.90. The van der Waals surface area contributed by atoms with Gasteiger partial charge in [0.05, 0.1) is 11.1 Å². The number of thioether (sulfide) groups is 1. The lowest BCUT2D eigenvalue weighted by atomic mass is 10.1. The number of hydrogen-bond donors (Lipinski definition) is 0. The molecule has 1 aromatic carbocycles. The van der Waals surface area contributed by atoms with Crippen molar-refractivity contribution < 1.29 is 14.4 Å². The lowest BCUT2D eigenvalue weighted by molar-refractivity contribution is -0.109. The van der Waals surface area contributed by atoms with Crippen LogP contribution >= 0.6 is 11.8 Å². The van der Waals surface area contributed by atoms with E-state index in [-0.39, 0.29) is 16.9 Å². The summed E-state index contributed by atoms with van der Waals surface area (Å²) in [5.41, 5.74) is 1.09. The topological polar surface area (TPSA) is 54.5 Å². The van der Waals surface area contributed by atoms with Crippen molar-refractivity contribution in [3.05, 3.63) is 35.4 Å². The molecular formula is C22H31NO3S. The van der Waals surface area contributed by atoms with Crippen LogP contribution in [0.15, 0.2) is 24.3 Å². The van der Waals surface area contributed by atoms with E-state index in [0.29, 0.717) is 17.7 Å². The molecule has 2 amide bonds. The molecule has 27 heavy (non-hydrogen) atoms. The Bertz CT molecular complexity index is 609. The summed E-state index contributed by atoms with van der Waals surface area (Å²) >= 11 is 1.43. The largest absolute Gasteiger partial charge is 0.288 e. The maximum Gasteiger partial charge on any atom is 0.261 e. The zero-order chi connectivity index (χ0) is 19.5. The predicted octanol–water partition coefficient (Wildman–Crippen LogP) is 5.46. The van der Waals surface area contributed by atoms with E-state index in [1.165, 1.54) is 61.6 Å². The lowest BCUT2D eigenvalue weighted by Gasteiger charge is -2.13. The van der Waals surface area contributed by atoms with Crippen molar-refractivity contribution >= 4 is 28.7 Å². The monoisotopic (exact) mass is 389 g/mol. The van der Waals surface area contributed by atoms with E-state index >= 15 is 0 Å². The van der Waals surface area contributed by atoms with Crippen LogP contribution in [0.2, 0.25) is 0 Å². The van der Waals surface area contributed by atoms with Gasteiger partial charge in [0.2, 0.25) is 0 Å². The van der Waals surface area contributed by atoms with Crippen LogP contribution in [0.5, 0.6) is 0 Å². The van der Waals surface area contributed by atoms with Gasteiger partial charge in [0.1, 0.15) is 0 Å². The van der Waals surface area contributed by atoms with Gasteiger partial charge in [-0.25, -0.2) is 0 Å². The highest BCUT2D eigenvalue weighted by molar-refractivity contribution is 8.13. The molecule has 0 spiro atoms. The number of carbonyl (C=O) groups excluding carboxylic acids is 3. The molecule has 0 saturated heterocycles. The maximum absolute atomic E-state index is 12.3. The normalized spacial score (nSPS) is 13.3. The summed E-state index contributed by atoms with van der Waals surface area (Å²) in [6.07, 6.45) is 11.8. The molecule has 1 aliphatic heterocycles. The van der Waals surface area contributed by atoms with Gasteiger partial charge in [-0.15, -0.1) is 0 Å². The molecule has 1 aliphatic rings. The van der Waals surface area contributed by atoms with Crippen molar-refractivity contribution in [3.8, 4) is 0 Å². The van der Waals surface area contributed by atoms with Gasteiger partial charge >= 0.3 is 0 Å². The third-order valence-electron chi connectivity index (χ3n) is 4.96. The van der Waals surface area contributed by atoms with Crippen LogP contribution in [-0.4, -0.2) is 34.1 Å². The molecule has 0 N–H and O–H groups in total. The molecular weight excluding hydrogens is 358 g/mol. The van der Waals surface area contributed by atoms with E-state index in [2.05, 4.69) is 0 Å². The second-order valence-electron chi connectivity index (χ2n) is 7.18. The fourth-order valence-electron chi connectivity index (χ4n) is 3.44. The fraction of sp³-hybridized carbons (Fsp3) is 0.591. The minimum absolute atomic E-state index is 0.141. The molecule has 0 bridgehead atoms. The second kappa shape index (κ2) is 12.0. The molecule has 0 unspecified atom stereocenters. The Kier molecular flexibility index (Phi) is 9.60. The third-order valence-corrected chi connectivity index (χ3v) is 5.86. The van der Waals surface area contributed by atoms with Crippen LogP contribution < -0.4 is 0 Å². The summed E-state index contributed by atoms with van der Waals surface area (Å²) in [6.45, 7) is 2.16. The summed E-state index contributed by atoms with van der Waals surface area (Å²) in [5.74, 6) is 0.678. The fourth-order valence-corrected chi connectivity index (χ4v) is 4.08. The number of rotatable bonds is 13. The SMILES string of the molecule is CC(=O)SCCCCCCCCCCCCN1C(=O)c2ccccc2C1=O. The van der Waals surface area contributed by atoms with Crippen LogP contribution in [0.25, 0.3) is 0 Å². The number of benzene rings is 1. The Hall–Kier alpha value is -1.62. The molecule has 0 saturated carbocycles. The number of nitrogens with zero attached hydrogens (tertiary/aromatic N) is 1. The average molecular weight is 390 g/mol. The van der Waals surface area contributed by atoms with Crippen molar-refractivity contribution in [2.45, 2.75) is 71.1 Å². The summed E-state index contributed by atoms with van der Waals surface area (Å²) < 4.78 is 0. The van der Waals surface area contributed by atoms with Gasteiger partial charge in [-0.3, -0.25) is 19.3 Å². The van der Waals surface area contributed by atoms with Crippen LogP contribution in [0.3, 0.4) is 0 Å². The van der Waals surface area contributed by atoms with E-state index < -0.39 is 0 Å². The molecule has 0 aliphatic carbocycles. The van der Waals surface area contributed by atoms with Gasteiger partial charge in [-0.1, -0.05) is 75.3 Å². The molecule has 4 nitrogen and oxygen atoms in total. The van der Waals surface area contributed by atoms with Crippen LogP contribution in [0.1, 0.15) is 91.8 Å². The Labute approximate surface area is 167 Å². The molecule has 1 heterocycles. The zero-order valence-corrected chi connectivity index (χ0v) is 17.2. The highest BCUT2D eigenvalue weighted by Gasteiger charge is 2.34. The Morgan fingerprint density at radius 3 is 1.70 bits per heavy atom. The first-order chi connectivity index (χ1) is 13.1. The predicted molar refractivity (Wildman–Crippen MR) is 111 cm³/mol. The van der Waals surface area contributed by atoms with E-state index in [1.54, 1.807) is 31.2 Å². The van der Waals surface area contributed by atoms with Gasteiger partial charge in [-0.05, 0) is 25.0 Å². The number of amides is 2. The molecule has 0 fully saturated rings. The first kappa shape index (κ1) is 21.7. The van der Waals surface area contributed by atoms with Crippen LogP contribution in [0, 0.1) is 0 Å². The van der Waals surface area contributed by atoms with Crippen molar-refractivity contribution in [1.82, 2.24) is 4.90 Å².